The molecule has 31 heavy (non-hydrogen) atoms. The Kier molecular flexibility index (Phi) is 7.12. The van der Waals surface area contributed by atoms with E-state index in [4.69, 9.17) is 19.3 Å². The molecule has 2 aromatic rings. The number of rotatable bonds is 9. The average molecular weight is 426 g/mol. The first kappa shape index (κ1) is 22.1. The Morgan fingerprint density at radius 3 is 2.39 bits per heavy atom. The van der Waals surface area contributed by atoms with Crippen LogP contribution in [0.1, 0.15) is 42.9 Å². The summed E-state index contributed by atoms with van der Waals surface area (Å²) in [6.45, 7) is 0. The molecule has 2 aromatic carbocycles. The highest BCUT2D eigenvalue weighted by atomic mass is 16.5. The maximum atomic E-state index is 13.0. The first-order chi connectivity index (χ1) is 15.0. The van der Waals surface area contributed by atoms with Crippen molar-refractivity contribution in [1.82, 2.24) is 5.01 Å². The summed E-state index contributed by atoms with van der Waals surface area (Å²) in [5.41, 5.74) is 2.39. The van der Waals surface area contributed by atoms with Gasteiger partial charge in [0.2, 0.25) is 5.91 Å². The van der Waals surface area contributed by atoms with E-state index in [-0.39, 0.29) is 31.2 Å². The second-order valence-corrected chi connectivity index (χ2v) is 7.06. The quantitative estimate of drug-likeness (QED) is 0.657. The van der Waals surface area contributed by atoms with Gasteiger partial charge < -0.3 is 19.3 Å². The van der Waals surface area contributed by atoms with E-state index in [9.17, 15) is 9.59 Å². The van der Waals surface area contributed by atoms with Crippen LogP contribution in [0, 0.1) is 0 Å². The second kappa shape index (κ2) is 9.97. The number of benzene rings is 2. The normalized spacial score (nSPS) is 15.4. The summed E-state index contributed by atoms with van der Waals surface area (Å²) in [7, 11) is 4.72. The summed E-state index contributed by atoms with van der Waals surface area (Å²) in [6, 6.07) is 12.7. The van der Waals surface area contributed by atoms with Gasteiger partial charge in [-0.2, -0.15) is 5.10 Å². The number of hydrazone groups is 1. The Hall–Kier alpha value is -3.55. The molecule has 0 fully saturated rings. The van der Waals surface area contributed by atoms with Gasteiger partial charge in [-0.15, -0.1) is 0 Å². The molecule has 0 bridgehead atoms. The summed E-state index contributed by atoms with van der Waals surface area (Å²) in [5, 5.41) is 15.0. The average Bonchev–Trinajstić information content (AvgIpc) is 3.23. The smallest absolute Gasteiger partial charge is 0.303 e. The number of aliphatic carboxylic acids is 1. The van der Waals surface area contributed by atoms with Gasteiger partial charge in [0.25, 0.3) is 0 Å². The number of ether oxygens (including phenoxy) is 3. The Balaban J connectivity index is 1.94. The van der Waals surface area contributed by atoms with E-state index in [0.29, 0.717) is 23.7 Å². The van der Waals surface area contributed by atoms with E-state index in [0.717, 1.165) is 16.8 Å². The van der Waals surface area contributed by atoms with Crippen molar-refractivity contribution in [3.8, 4) is 17.2 Å². The standard InChI is InChI=1S/C23H26N2O6/c1-29-19-8-5-4-7-16(19)18-14-17(15-11-12-20(30-2)21(13-15)31-3)24-25(18)22(26)9-6-10-23(27)28/h4-5,7-8,11-13,18H,6,9-10,14H2,1-3H3,(H,27,28)/t18-/m1/s1. The molecule has 1 heterocycles. The van der Waals surface area contributed by atoms with Crippen LogP contribution in [0.4, 0.5) is 0 Å². The summed E-state index contributed by atoms with van der Waals surface area (Å²) in [4.78, 5) is 23.8. The predicted molar refractivity (Wildman–Crippen MR) is 115 cm³/mol. The van der Waals surface area contributed by atoms with E-state index in [1.54, 1.807) is 27.4 Å². The Bertz CT molecular complexity index is 988. The van der Waals surface area contributed by atoms with Crippen LogP contribution in [0.25, 0.3) is 0 Å². The maximum absolute atomic E-state index is 13.0. The van der Waals surface area contributed by atoms with Gasteiger partial charge in [-0.05, 0) is 30.7 Å². The van der Waals surface area contributed by atoms with Gasteiger partial charge in [0.05, 0.1) is 33.1 Å². The predicted octanol–water partition coefficient (Wildman–Crippen LogP) is 3.65. The number of para-hydroxylation sites is 1. The Morgan fingerprint density at radius 1 is 1.00 bits per heavy atom. The zero-order chi connectivity index (χ0) is 22.4. The minimum Gasteiger partial charge on any atom is -0.496 e. The number of hydrogen-bond donors (Lipinski definition) is 1. The lowest BCUT2D eigenvalue weighted by Crippen LogP contribution is -2.27. The molecular weight excluding hydrogens is 400 g/mol. The number of carbonyl (C=O) groups excluding carboxylic acids is 1. The van der Waals surface area contributed by atoms with Gasteiger partial charge in [-0.3, -0.25) is 9.59 Å². The monoisotopic (exact) mass is 426 g/mol. The second-order valence-electron chi connectivity index (χ2n) is 7.06. The largest absolute Gasteiger partial charge is 0.496 e. The third-order valence-electron chi connectivity index (χ3n) is 5.16. The van der Waals surface area contributed by atoms with E-state index < -0.39 is 5.97 Å². The third kappa shape index (κ3) is 4.96. The van der Waals surface area contributed by atoms with Crippen molar-refractivity contribution in [1.29, 1.82) is 0 Å². The highest BCUT2D eigenvalue weighted by Gasteiger charge is 2.34. The van der Waals surface area contributed by atoms with Gasteiger partial charge in [0.15, 0.2) is 11.5 Å². The lowest BCUT2D eigenvalue weighted by molar-refractivity contribution is -0.137. The Morgan fingerprint density at radius 2 is 1.71 bits per heavy atom. The van der Waals surface area contributed by atoms with Crippen LogP contribution in [0.3, 0.4) is 0 Å². The maximum Gasteiger partial charge on any atom is 0.303 e. The molecular formula is C23H26N2O6. The summed E-state index contributed by atoms with van der Waals surface area (Å²) >= 11 is 0. The number of carboxylic acids is 1. The molecule has 1 N–H and O–H groups in total. The highest BCUT2D eigenvalue weighted by molar-refractivity contribution is 6.03. The van der Waals surface area contributed by atoms with E-state index in [1.165, 1.54) is 5.01 Å². The number of hydrogen-bond acceptors (Lipinski definition) is 6. The molecule has 1 aliphatic heterocycles. The van der Waals surface area contributed by atoms with Crippen LogP contribution >= 0.6 is 0 Å². The number of methoxy groups -OCH3 is 3. The van der Waals surface area contributed by atoms with Crippen LogP contribution in [0.2, 0.25) is 0 Å². The lowest BCUT2D eigenvalue weighted by atomic mass is 9.97. The van der Waals surface area contributed by atoms with Crippen LogP contribution in [-0.2, 0) is 9.59 Å². The molecule has 0 aliphatic carbocycles. The molecule has 0 unspecified atom stereocenters. The minimum atomic E-state index is -0.926. The zero-order valence-electron chi connectivity index (χ0n) is 17.8. The third-order valence-corrected chi connectivity index (χ3v) is 5.16. The molecule has 0 saturated carbocycles. The van der Waals surface area contributed by atoms with Crippen LogP contribution in [0.5, 0.6) is 17.2 Å². The Labute approximate surface area is 181 Å². The molecule has 8 heteroatoms. The fraction of sp³-hybridized carbons (Fsp3) is 0.348. The minimum absolute atomic E-state index is 0.0643. The molecule has 0 aromatic heterocycles. The first-order valence-electron chi connectivity index (χ1n) is 9.95. The topological polar surface area (TPSA) is 97.7 Å². The van der Waals surface area contributed by atoms with Crippen molar-refractivity contribution in [3.63, 3.8) is 0 Å². The number of carbonyl (C=O) groups is 2. The van der Waals surface area contributed by atoms with E-state index in [2.05, 4.69) is 5.10 Å². The molecule has 0 saturated heterocycles. The van der Waals surface area contributed by atoms with Crippen LogP contribution in [0.15, 0.2) is 47.6 Å². The van der Waals surface area contributed by atoms with Gasteiger partial charge in [0, 0.05) is 30.4 Å². The van der Waals surface area contributed by atoms with Crippen molar-refractivity contribution >= 4 is 17.6 Å². The number of amides is 1. The van der Waals surface area contributed by atoms with Crippen molar-refractivity contribution in [2.45, 2.75) is 31.7 Å². The van der Waals surface area contributed by atoms with Gasteiger partial charge >= 0.3 is 5.97 Å². The molecule has 1 atom stereocenters. The fourth-order valence-corrected chi connectivity index (χ4v) is 3.62. The number of carboxylic acid groups (broad SMARTS) is 1. The van der Waals surface area contributed by atoms with Crippen molar-refractivity contribution in [2.75, 3.05) is 21.3 Å². The molecule has 164 valence electrons. The highest BCUT2D eigenvalue weighted by Crippen LogP contribution is 2.39. The van der Waals surface area contributed by atoms with Crippen molar-refractivity contribution < 1.29 is 28.9 Å². The lowest BCUT2D eigenvalue weighted by Gasteiger charge is -2.23. The summed E-state index contributed by atoms with van der Waals surface area (Å²) in [6.07, 6.45) is 0.775. The van der Waals surface area contributed by atoms with Crippen LogP contribution < -0.4 is 14.2 Å². The molecule has 1 amide bonds. The fourth-order valence-electron chi connectivity index (χ4n) is 3.62. The summed E-state index contributed by atoms with van der Waals surface area (Å²) < 4.78 is 16.2. The van der Waals surface area contributed by atoms with Gasteiger partial charge in [0.1, 0.15) is 5.75 Å². The SMILES string of the molecule is COc1ccc(C2=NN(C(=O)CCCC(=O)O)[C@@H](c3ccccc3OC)C2)cc1OC. The molecule has 0 spiro atoms. The van der Waals surface area contributed by atoms with Gasteiger partial charge in [-0.1, -0.05) is 18.2 Å². The molecule has 0 radical (unpaired) electrons. The molecule has 3 rings (SSSR count). The van der Waals surface area contributed by atoms with Crippen molar-refractivity contribution in [2.24, 2.45) is 5.10 Å². The zero-order valence-corrected chi connectivity index (χ0v) is 17.8. The van der Waals surface area contributed by atoms with Crippen molar-refractivity contribution in [3.05, 3.63) is 53.6 Å². The molecule has 8 nitrogen and oxygen atoms in total. The first-order valence-corrected chi connectivity index (χ1v) is 9.95. The number of nitrogens with zero attached hydrogens (tertiary/aromatic N) is 2. The van der Waals surface area contributed by atoms with Crippen LogP contribution in [-0.4, -0.2) is 49.0 Å². The molecule has 1 aliphatic rings. The van der Waals surface area contributed by atoms with E-state index >= 15 is 0 Å². The summed E-state index contributed by atoms with van der Waals surface area (Å²) in [5.74, 6) is 0.688. The van der Waals surface area contributed by atoms with Gasteiger partial charge in [-0.25, -0.2) is 5.01 Å². The van der Waals surface area contributed by atoms with E-state index in [1.807, 2.05) is 36.4 Å².